The maximum Gasteiger partial charge on any atom is 0.569 e. The maximum atomic E-state index is 9.23. The van der Waals surface area contributed by atoms with Crippen LogP contribution in [0.25, 0.3) is 86.9 Å². The number of nitriles is 2. The van der Waals surface area contributed by atoms with E-state index in [1.807, 2.05) is 72.8 Å². The monoisotopic (exact) mass is 1050 g/mol. The Kier molecular flexibility index (Phi) is 14.5. The zero-order valence-corrected chi connectivity index (χ0v) is 40.0. The van der Waals surface area contributed by atoms with E-state index in [2.05, 4.69) is 134 Å². The van der Waals surface area contributed by atoms with Gasteiger partial charge >= 0.3 is 7.69 Å². The summed E-state index contributed by atoms with van der Waals surface area (Å²) in [7, 11) is 0.628. The summed E-state index contributed by atoms with van der Waals surface area (Å²) in [5.41, 5.74) is 5.59. The summed E-state index contributed by atoms with van der Waals surface area (Å²) in [5.74, 6) is 0.562. The third-order valence-electron chi connectivity index (χ3n) is 11.4. The highest BCUT2D eigenvalue weighted by molar-refractivity contribution is 9.11. The zero-order chi connectivity index (χ0) is 45.9. The summed E-state index contributed by atoms with van der Waals surface area (Å²) in [6.07, 6.45) is 0. The van der Waals surface area contributed by atoms with E-state index >= 15 is 0 Å². The van der Waals surface area contributed by atoms with E-state index in [-0.39, 0.29) is 7.43 Å². The summed E-state index contributed by atoms with van der Waals surface area (Å²) < 4.78 is 6.82. The molecule has 10 heteroatoms. The van der Waals surface area contributed by atoms with Crippen LogP contribution in [0, 0.1) is 22.7 Å². The summed E-state index contributed by atoms with van der Waals surface area (Å²) in [6.45, 7) is 0. The van der Waals surface area contributed by atoms with Crippen LogP contribution in [0.4, 0.5) is 0 Å². The highest BCUT2D eigenvalue weighted by Gasteiger charge is 2.16. The molecule has 67 heavy (non-hydrogen) atoms. The van der Waals surface area contributed by atoms with E-state index in [1.165, 1.54) is 26.9 Å². The van der Waals surface area contributed by atoms with Crippen molar-refractivity contribution >= 4 is 139 Å². The number of nitrogens with zero attached hydrogens (tertiary/aromatic N) is 2. The fourth-order valence-electron chi connectivity index (χ4n) is 8.36. The third kappa shape index (κ3) is 9.73. The molecule has 0 amide bonds. The maximum absolute atomic E-state index is 9.23. The normalized spacial score (nSPS) is 10.7. The van der Waals surface area contributed by atoms with Crippen molar-refractivity contribution in [2.24, 2.45) is 0 Å². The van der Waals surface area contributed by atoms with E-state index in [9.17, 15) is 10.5 Å². The van der Waals surface area contributed by atoms with Gasteiger partial charge in [0.05, 0.1) is 23.3 Å². The van der Waals surface area contributed by atoms with Crippen LogP contribution >= 0.6 is 66.7 Å². The van der Waals surface area contributed by atoms with Crippen LogP contribution in [0.2, 0.25) is 15.1 Å². The van der Waals surface area contributed by atoms with Gasteiger partial charge in [0.15, 0.2) is 0 Å². The van der Waals surface area contributed by atoms with Crippen LogP contribution in [-0.4, -0.2) is 12.7 Å². The first-order valence-electron chi connectivity index (χ1n) is 20.5. The van der Waals surface area contributed by atoms with E-state index in [0.29, 0.717) is 34.6 Å². The van der Waals surface area contributed by atoms with Gasteiger partial charge in [0, 0.05) is 24.0 Å². The molecule has 0 saturated carbocycles. The summed E-state index contributed by atoms with van der Waals surface area (Å²) in [6, 6.07) is 64.3. The van der Waals surface area contributed by atoms with Crippen molar-refractivity contribution in [1.29, 1.82) is 10.5 Å². The molecule has 0 saturated heterocycles. The number of rotatable bonds is 4. The third-order valence-corrected chi connectivity index (χ3v) is 13.5. The second-order valence-corrected chi connectivity index (χ2v) is 18.3. The first-order valence-corrected chi connectivity index (χ1v) is 23.2. The fraction of sp³-hybridized carbons (Fsp3) is 0.0175. The Morgan fingerprint density at radius 2 is 0.791 bits per heavy atom. The van der Waals surface area contributed by atoms with Gasteiger partial charge in [-0.25, -0.2) is 0 Å². The second-order valence-electron chi connectivity index (χ2n) is 15.3. The second kappa shape index (κ2) is 20.6. The minimum absolute atomic E-state index is 0. The molecule has 0 unspecified atom stereocenters. The number of halogens is 5. The lowest BCUT2D eigenvalue weighted by atomic mass is 9.87. The number of fused-ring (bicyclic) bond motifs is 10. The van der Waals surface area contributed by atoms with Gasteiger partial charge < -0.3 is 9.68 Å². The van der Waals surface area contributed by atoms with Crippen LogP contribution in [0.5, 0.6) is 5.75 Å². The number of benzene rings is 11. The largest absolute Gasteiger partial charge is 0.569 e. The van der Waals surface area contributed by atoms with Gasteiger partial charge in [-0.2, -0.15) is 10.5 Å². The first-order chi connectivity index (χ1) is 32.1. The van der Waals surface area contributed by atoms with Crippen LogP contribution in [0.1, 0.15) is 18.6 Å². The van der Waals surface area contributed by atoms with Gasteiger partial charge in [-0.15, -0.1) is 0 Å². The Morgan fingerprint density at radius 3 is 1.30 bits per heavy atom. The molecule has 0 aliphatic rings. The van der Waals surface area contributed by atoms with Gasteiger partial charge in [0.2, 0.25) is 0 Å². The molecule has 323 valence electrons. The summed E-state index contributed by atoms with van der Waals surface area (Å²) >= 11 is 25.6. The minimum atomic E-state index is 0. The van der Waals surface area contributed by atoms with Crippen LogP contribution in [0.15, 0.2) is 191 Å². The Balaban J connectivity index is 0.000000160. The summed E-state index contributed by atoms with van der Waals surface area (Å²) in [4.78, 5) is 0. The molecule has 0 aromatic heterocycles. The van der Waals surface area contributed by atoms with Crippen LogP contribution in [0.3, 0.4) is 0 Å². The molecule has 0 fully saturated rings. The van der Waals surface area contributed by atoms with Crippen molar-refractivity contribution in [3.63, 3.8) is 0 Å². The lowest BCUT2D eigenvalue weighted by Gasteiger charge is -2.16. The molecule has 1 radical (unpaired) electrons. The highest BCUT2D eigenvalue weighted by Crippen LogP contribution is 2.43. The predicted molar refractivity (Wildman–Crippen MR) is 290 cm³/mol. The van der Waals surface area contributed by atoms with Gasteiger partial charge in [-0.3, -0.25) is 0 Å². The quantitative estimate of drug-likeness (QED) is 0.141. The zero-order valence-electron chi connectivity index (χ0n) is 34.5. The minimum Gasteiger partial charge on any atom is -0.537 e. The molecule has 11 rings (SSSR count). The molecule has 0 bridgehead atoms. The topological polar surface area (TPSA) is 77.0 Å². The van der Waals surface area contributed by atoms with E-state index in [4.69, 9.17) is 39.8 Å². The van der Waals surface area contributed by atoms with Crippen molar-refractivity contribution in [3.8, 4) is 40.1 Å². The molecule has 0 aliphatic carbocycles. The molecular formula is C57H35BBr2Cl3N2O2. The van der Waals surface area contributed by atoms with Crippen molar-refractivity contribution in [3.05, 3.63) is 217 Å². The molecule has 4 nitrogen and oxygen atoms in total. The molecule has 0 spiro atoms. The molecule has 0 heterocycles. The van der Waals surface area contributed by atoms with Crippen molar-refractivity contribution in [2.45, 2.75) is 7.43 Å². The molecule has 1 N–H and O–H groups in total. The Bertz CT molecular complexity index is 3740. The average molecular weight is 1060 g/mol. The fourth-order valence-corrected chi connectivity index (χ4v) is 9.96. The SMILES string of the molecule is C.Clc1ccc2c(c1)c(Br)cc1c3ccccc3c(Br)cc21.N#Cc1ccc(-c2cc3c4ccc(Cl)cc4c(-c4ccc(C#N)cc4)cc3c3ccccc23)cc1.O[B]Oc1ccc(Cl)cc1. The molecule has 0 aliphatic heterocycles. The summed E-state index contributed by atoms with van der Waals surface area (Å²) in [5, 5.41) is 42.8. The van der Waals surface area contributed by atoms with Crippen LogP contribution < -0.4 is 4.65 Å². The Hall–Kier alpha value is -6.39. The van der Waals surface area contributed by atoms with Crippen molar-refractivity contribution < 1.29 is 9.68 Å². The Labute approximate surface area is 420 Å². The van der Waals surface area contributed by atoms with E-state index < -0.39 is 0 Å². The number of hydrogen-bond acceptors (Lipinski definition) is 4. The van der Waals surface area contributed by atoms with Crippen molar-refractivity contribution in [2.75, 3.05) is 0 Å². The van der Waals surface area contributed by atoms with E-state index in [1.54, 1.807) is 24.3 Å². The van der Waals surface area contributed by atoms with Gasteiger partial charge in [-0.05, 0) is 184 Å². The molecule has 11 aromatic rings. The van der Waals surface area contributed by atoms with Crippen molar-refractivity contribution in [1.82, 2.24) is 0 Å². The molecule has 11 aromatic carbocycles. The smallest absolute Gasteiger partial charge is 0.537 e. The lowest BCUT2D eigenvalue weighted by molar-refractivity contribution is 0.454. The van der Waals surface area contributed by atoms with E-state index in [0.717, 1.165) is 73.9 Å². The average Bonchev–Trinajstić information content (AvgIpc) is 3.35. The standard InChI is InChI=1S/C32H17ClN2.C18H9Br2Cl.C6H5BClO2.CH4/c33-24-13-14-27-30(15-24)29(23-11-7-21(19-35)8-12-23)17-31-26-4-2-1-3-25(26)28(16-32(27)31)22-9-5-20(18-34)6-10-22;19-17-8-15-12-6-5-10(21)7-16(12)18(20)9-14(15)11-3-1-2-4-13(11)17;8-5-1-3-6(4-2-5)10-7-9;/h1-17H;1-9H;1-4,9H;1H4. The Morgan fingerprint density at radius 1 is 0.403 bits per heavy atom. The van der Waals surface area contributed by atoms with Crippen LogP contribution in [-0.2, 0) is 0 Å². The lowest BCUT2D eigenvalue weighted by Crippen LogP contribution is -1.98. The predicted octanol–water partition coefficient (Wildman–Crippen LogP) is 18.1. The van der Waals surface area contributed by atoms with Gasteiger partial charge in [-0.1, -0.05) is 159 Å². The van der Waals surface area contributed by atoms with Gasteiger partial charge in [0.25, 0.3) is 0 Å². The number of hydrogen-bond donors (Lipinski definition) is 1. The molecular weight excluding hydrogens is 1020 g/mol. The first kappa shape index (κ1) is 47.1. The molecule has 0 atom stereocenters. The highest BCUT2D eigenvalue weighted by atomic mass is 79.9. The van der Waals surface area contributed by atoms with Gasteiger partial charge in [0.1, 0.15) is 5.75 Å².